The van der Waals surface area contributed by atoms with Crippen LogP contribution in [0.5, 0.6) is 0 Å². The highest BCUT2D eigenvalue weighted by Gasteiger charge is 2.38. The molecule has 31 heavy (non-hydrogen) atoms. The fourth-order valence-electron chi connectivity index (χ4n) is 4.02. The third-order valence-corrected chi connectivity index (χ3v) is 6.78. The molecule has 0 spiro atoms. The van der Waals surface area contributed by atoms with E-state index < -0.39 is 5.97 Å². The topological polar surface area (TPSA) is 70.0 Å². The van der Waals surface area contributed by atoms with Crippen molar-refractivity contribution in [3.63, 3.8) is 0 Å². The number of carbonyl (C=O) groups is 2. The van der Waals surface area contributed by atoms with Gasteiger partial charge in [0.25, 0.3) is 5.91 Å². The Labute approximate surface area is 186 Å². The summed E-state index contributed by atoms with van der Waals surface area (Å²) in [6, 6.07) is 14.9. The Morgan fingerprint density at radius 3 is 2.39 bits per heavy atom. The van der Waals surface area contributed by atoms with Gasteiger partial charge in [-0.15, -0.1) is 0 Å². The zero-order valence-electron chi connectivity index (χ0n) is 17.6. The smallest absolute Gasteiger partial charge is 0.335 e. The van der Waals surface area contributed by atoms with Gasteiger partial charge in [-0.2, -0.15) is 0 Å². The molecule has 1 amide bonds. The van der Waals surface area contributed by atoms with Crippen LogP contribution < -0.4 is 0 Å². The number of benzene rings is 2. The number of aromatic carboxylic acids is 1. The summed E-state index contributed by atoms with van der Waals surface area (Å²) >= 11 is 1.40. The van der Waals surface area contributed by atoms with Crippen LogP contribution in [0.4, 0.5) is 5.69 Å². The molecule has 1 saturated heterocycles. The summed E-state index contributed by atoms with van der Waals surface area (Å²) in [5, 5.41) is 9.82. The number of aryl methyl sites for hydroxylation is 1. The van der Waals surface area contributed by atoms with Gasteiger partial charge in [-0.3, -0.25) is 9.69 Å². The van der Waals surface area contributed by atoms with Crippen LogP contribution in [0.3, 0.4) is 0 Å². The molecule has 1 heterocycles. The number of rotatable bonds is 5. The van der Waals surface area contributed by atoms with Crippen LogP contribution in [-0.4, -0.2) is 33.1 Å². The molecule has 0 bridgehead atoms. The Hall–Kier alpha value is -2.86. The van der Waals surface area contributed by atoms with Crippen LogP contribution in [0.1, 0.15) is 60.5 Å². The quantitative estimate of drug-likeness (QED) is 0.596. The van der Waals surface area contributed by atoms with Crippen molar-refractivity contribution in [2.24, 2.45) is 4.99 Å². The lowest BCUT2D eigenvalue weighted by molar-refractivity contribution is -0.124. The highest BCUT2D eigenvalue weighted by molar-refractivity contribution is 8.18. The zero-order valence-corrected chi connectivity index (χ0v) is 18.4. The molecule has 0 unspecified atom stereocenters. The number of amides is 1. The van der Waals surface area contributed by atoms with Gasteiger partial charge in [0.2, 0.25) is 0 Å². The van der Waals surface area contributed by atoms with E-state index in [2.05, 4.69) is 19.1 Å². The predicted molar refractivity (Wildman–Crippen MR) is 126 cm³/mol. The summed E-state index contributed by atoms with van der Waals surface area (Å²) in [4.78, 5) is 31.8. The molecule has 4 rings (SSSR count). The highest BCUT2D eigenvalue weighted by atomic mass is 32.2. The van der Waals surface area contributed by atoms with Gasteiger partial charge in [-0.1, -0.05) is 50.5 Å². The zero-order chi connectivity index (χ0) is 21.8. The van der Waals surface area contributed by atoms with Crippen molar-refractivity contribution in [1.82, 2.24) is 4.90 Å². The minimum Gasteiger partial charge on any atom is -0.478 e. The molecule has 0 aromatic heterocycles. The molecule has 2 aliphatic rings. The van der Waals surface area contributed by atoms with Crippen LogP contribution in [0.25, 0.3) is 6.08 Å². The maximum absolute atomic E-state index is 13.3. The summed E-state index contributed by atoms with van der Waals surface area (Å²) < 4.78 is 0. The number of carboxylic acid groups (broad SMARTS) is 1. The number of hydrogen-bond donors (Lipinski definition) is 1. The lowest BCUT2D eigenvalue weighted by atomic mass is 9.94. The monoisotopic (exact) mass is 434 g/mol. The molecular formula is C25H26N2O3S. The van der Waals surface area contributed by atoms with Crippen molar-refractivity contribution in [2.45, 2.75) is 51.5 Å². The lowest BCUT2D eigenvalue weighted by Crippen LogP contribution is -2.40. The molecule has 160 valence electrons. The molecule has 1 aliphatic heterocycles. The second-order valence-electron chi connectivity index (χ2n) is 7.92. The number of carbonyl (C=O) groups excluding carboxylic acids is 1. The Morgan fingerprint density at radius 2 is 1.77 bits per heavy atom. The van der Waals surface area contributed by atoms with Crippen molar-refractivity contribution in [3.05, 3.63) is 70.1 Å². The number of amidine groups is 1. The van der Waals surface area contributed by atoms with Crippen LogP contribution in [-0.2, 0) is 11.2 Å². The predicted octanol–water partition coefficient (Wildman–Crippen LogP) is 5.88. The number of aliphatic imine (C=N–C) groups is 1. The van der Waals surface area contributed by atoms with E-state index in [4.69, 9.17) is 10.1 Å². The Kier molecular flexibility index (Phi) is 6.56. The van der Waals surface area contributed by atoms with Gasteiger partial charge in [0.15, 0.2) is 5.17 Å². The molecule has 1 aliphatic carbocycles. The Morgan fingerprint density at radius 1 is 1.10 bits per heavy atom. The maximum Gasteiger partial charge on any atom is 0.335 e. The molecule has 0 atom stereocenters. The lowest BCUT2D eigenvalue weighted by Gasteiger charge is -2.30. The molecular weight excluding hydrogens is 408 g/mol. The van der Waals surface area contributed by atoms with Crippen molar-refractivity contribution in [1.29, 1.82) is 0 Å². The van der Waals surface area contributed by atoms with Crippen LogP contribution >= 0.6 is 11.8 Å². The van der Waals surface area contributed by atoms with Crippen molar-refractivity contribution in [3.8, 4) is 0 Å². The Balaban J connectivity index is 1.65. The normalized spacial score (nSPS) is 20.0. The summed E-state index contributed by atoms with van der Waals surface area (Å²) in [6.45, 7) is 2.12. The van der Waals surface area contributed by atoms with E-state index in [1.165, 1.54) is 23.7 Å². The molecule has 0 radical (unpaired) electrons. The second-order valence-corrected chi connectivity index (χ2v) is 8.93. The minimum absolute atomic E-state index is 0.0110. The Bertz CT molecular complexity index is 1020. The summed E-state index contributed by atoms with van der Waals surface area (Å²) in [5.74, 6) is -0.972. The van der Waals surface area contributed by atoms with E-state index in [0.29, 0.717) is 4.91 Å². The maximum atomic E-state index is 13.3. The summed E-state index contributed by atoms with van der Waals surface area (Å²) in [6.07, 6.45) is 8.29. The average molecular weight is 435 g/mol. The van der Waals surface area contributed by atoms with E-state index in [1.807, 2.05) is 23.1 Å². The largest absolute Gasteiger partial charge is 0.478 e. The SMILES string of the molecule is CCc1ccc(N=C2SC(=Cc3ccc(C(=O)O)cc3)C(=O)N2C2CCCCC2)cc1. The molecule has 2 fully saturated rings. The minimum atomic E-state index is -0.961. The first-order chi connectivity index (χ1) is 15.0. The van der Waals surface area contributed by atoms with Gasteiger partial charge in [0, 0.05) is 6.04 Å². The number of nitrogens with zero attached hydrogens (tertiary/aromatic N) is 2. The van der Waals surface area contributed by atoms with Crippen molar-refractivity contribution in [2.75, 3.05) is 0 Å². The van der Waals surface area contributed by atoms with Gasteiger partial charge in [0.1, 0.15) is 0 Å². The fraction of sp³-hybridized carbons (Fsp3) is 0.320. The van der Waals surface area contributed by atoms with Gasteiger partial charge in [-0.25, -0.2) is 9.79 Å². The fourth-order valence-corrected chi connectivity index (χ4v) is 5.07. The van der Waals surface area contributed by atoms with Crippen molar-refractivity contribution < 1.29 is 14.7 Å². The van der Waals surface area contributed by atoms with E-state index in [9.17, 15) is 9.59 Å². The molecule has 5 nitrogen and oxygen atoms in total. The van der Waals surface area contributed by atoms with Crippen LogP contribution in [0.15, 0.2) is 58.4 Å². The average Bonchev–Trinajstić information content (AvgIpc) is 3.09. The second kappa shape index (κ2) is 9.52. The first-order valence-corrected chi connectivity index (χ1v) is 11.6. The molecule has 1 saturated carbocycles. The standard InChI is InChI=1S/C25H26N2O3S/c1-2-17-10-14-20(15-11-17)26-25-27(21-6-4-3-5-7-21)23(28)22(31-25)16-18-8-12-19(13-9-18)24(29)30/h8-16,21H,2-7H2,1H3,(H,29,30). The van der Waals surface area contributed by atoms with E-state index in [-0.39, 0.29) is 17.5 Å². The molecule has 1 N–H and O–H groups in total. The van der Waals surface area contributed by atoms with Gasteiger partial charge in [0.05, 0.1) is 16.2 Å². The summed E-state index contributed by atoms with van der Waals surface area (Å²) in [7, 11) is 0. The van der Waals surface area contributed by atoms with E-state index in [0.717, 1.165) is 48.5 Å². The number of thioether (sulfide) groups is 1. The first kappa shape index (κ1) is 21.4. The van der Waals surface area contributed by atoms with E-state index in [1.54, 1.807) is 24.3 Å². The highest BCUT2D eigenvalue weighted by Crippen LogP contribution is 2.38. The first-order valence-electron chi connectivity index (χ1n) is 10.8. The molecule has 2 aromatic rings. The van der Waals surface area contributed by atoms with Crippen molar-refractivity contribution >= 4 is 40.6 Å². The van der Waals surface area contributed by atoms with Crippen LogP contribution in [0, 0.1) is 0 Å². The third kappa shape index (κ3) is 4.90. The van der Waals surface area contributed by atoms with Gasteiger partial charge < -0.3 is 5.11 Å². The summed E-state index contributed by atoms with van der Waals surface area (Å²) in [5.41, 5.74) is 3.14. The van der Waals surface area contributed by atoms with Crippen LogP contribution in [0.2, 0.25) is 0 Å². The molecule has 2 aromatic carbocycles. The molecule has 6 heteroatoms. The third-order valence-electron chi connectivity index (χ3n) is 5.80. The van der Waals surface area contributed by atoms with Gasteiger partial charge >= 0.3 is 5.97 Å². The number of carboxylic acids is 1. The van der Waals surface area contributed by atoms with Gasteiger partial charge in [-0.05, 0) is 72.5 Å². The van der Waals surface area contributed by atoms with E-state index >= 15 is 0 Å². The number of hydrogen-bond acceptors (Lipinski definition) is 4.